The number of sulfonamides is 1. The van der Waals surface area contributed by atoms with Crippen molar-refractivity contribution in [1.29, 1.82) is 0 Å². The highest BCUT2D eigenvalue weighted by Crippen LogP contribution is 2.25. The van der Waals surface area contributed by atoms with Crippen LogP contribution in [0.3, 0.4) is 0 Å². The van der Waals surface area contributed by atoms with Gasteiger partial charge in [0.25, 0.3) is 0 Å². The van der Waals surface area contributed by atoms with Crippen molar-refractivity contribution in [3.8, 4) is 5.75 Å². The van der Waals surface area contributed by atoms with E-state index in [1.165, 1.54) is 16.4 Å². The molecule has 0 aliphatic carbocycles. The summed E-state index contributed by atoms with van der Waals surface area (Å²) in [5, 5.41) is 3.35. The van der Waals surface area contributed by atoms with Crippen LogP contribution < -0.4 is 10.1 Å². The molecule has 30 heavy (non-hydrogen) atoms. The van der Waals surface area contributed by atoms with Crippen molar-refractivity contribution in [2.75, 3.05) is 26.2 Å². The van der Waals surface area contributed by atoms with Crippen molar-refractivity contribution in [2.24, 2.45) is 5.92 Å². The molecule has 0 radical (unpaired) electrons. The molecule has 2 aromatic carbocycles. The van der Waals surface area contributed by atoms with Crippen LogP contribution in [0.4, 0.5) is 0 Å². The van der Waals surface area contributed by atoms with E-state index >= 15 is 0 Å². The van der Waals surface area contributed by atoms with Crippen molar-refractivity contribution in [1.82, 2.24) is 9.62 Å². The maximum absolute atomic E-state index is 12.9. The van der Waals surface area contributed by atoms with Crippen LogP contribution in [-0.4, -0.2) is 44.9 Å². The van der Waals surface area contributed by atoms with Gasteiger partial charge in [-0.15, -0.1) is 0 Å². The van der Waals surface area contributed by atoms with Crippen LogP contribution in [0.1, 0.15) is 24.0 Å². The largest absolute Gasteiger partial charge is 0.491 e. The van der Waals surface area contributed by atoms with Crippen LogP contribution in [0.25, 0.3) is 0 Å². The average Bonchev–Trinajstić information content (AvgIpc) is 2.74. The quantitative estimate of drug-likeness (QED) is 0.654. The molecule has 2 aromatic rings. The Labute approximate surface area is 183 Å². The Morgan fingerprint density at radius 3 is 2.67 bits per heavy atom. The Morgan fingerprint density at radius 2 is 1.93 bits per heavy atom. The molecule has 162 valence electrons. The molecule has 8 heteroatoms. The van der Waals surface area contributed by atoms with Gasteiger partial charge in [0.2, 0.25) is 15.9 Å². The fourth-order valence-corrected chi connectivity index (χ4v) is 5.14. The molecule has 1 heterocycles. The number of carbonyl (C=O) groups is 1. The lowest BCUT2D eigenvalue weighted by atomic mass is 9.99. The summed E-state index contributed by atoms with van der Waals surface area (Å²) >= 11 is 5.86. The number of rotatable bonds is 7. The SMILES string of the molecule is Cc1cccc(OCCNC(=O)C2CCCN(S(=O)(=O)c3ccc(Cl)cc3)C2)c1C. The van der Waals surface area contributed by atoms with Crippen LogP contribution in [0.2, 0.25) is 5.02 Å². The monoisotopic (exact) mass is 450 g/mol. The minimum Gasteiger partial charge on any atom is -0.491 e. The molecule has 0 aromatic heterocycles. The summed E-state index contributed by atoms with van der Waals surface area (Å²) in [6, 6.07) is 12.0. The van der Waals surface area contributed by atoms with E-state index in [2.05, 4.69) is 5.32 Å². The minimum atomic E-state index is -3.65. The average molecular weight is 451 g/mol. The third kappa shape index (κ3) is 5.33. The van der Waals surface area contributed by atoms with E-state index in [-0.39, 0.29) is 23.3 Å². The number of nitrogens with one attached hydrogen (secondary N) is 1. The number of aryl methyl sites for hydroxylation is 1. The number of benzene rings is 2. The Hall–Kier alpha value is -2.09. The highest BCUT2D eigenvalue weighted by Gasteiger charge is 2.33. The number of amides is 1. The maximum Gasteiger partial charge on any atom is 0.243 e. The van der Waals surface area contributed by atoms with Crippen molar-refractivity contribution >= 4 is 27.5 Å². The lowest BCUT2D eigenvalue weighted by molar-refractivity contribution is -0.126. The number of nitrogens with zero attached hydrogens (tertiary/aromatic N) is 1. The lowest BCUT2D eigenvalue weighted by Crippen LogP contribution is -2.45. The summed E-state index contributed by atoms with van der Waals surface area (Å²) in [6.07, 6.45) is 1.31. The molecule has 6 nitrogen and oxygen atoms in total. The first-order chi connectivity index (χ1) is 14.3. The molecule has 1 saturated heterocycles. The Morgan fingerprint density at radius 1 is 1.20 bits per heavy atom. The topological polar surface area (TPSA) is 75.7 Å². The third-order valence-corrected chi connectivity index (χ3v) is 7.55. The summed E-state index contributed by atoms with van der Waals surface area (Å²) in [5.41, 5.74) is 2.24. The molecule has 0 spiro atoms. The van der Waals surface area contributed by atoms with Crippen LogP contribution in [0, 0.1) is 19.8 Å². The van der Waals surface area contributed by atoms with E-state index in [0.29, 0.717) is 37.6 Å². The first-order valence-electron chi connectivity index (χ1n) is 10.0. The molecule has 0 bridgehead atoms. The van der Waals surface area contributed by atoms with E-state index < -0.39 is 10.0 Å². The van der Waals surface area contributed by atoms with Crippen LogP contribution >= 0.6 is 11.6 Å². The second-order valence-corrected chi connectivity index (χ2v) is 9.87. The van der Waals surface area contributed by atoms with Crippen molar-refractivity contribution in [2.45, 2.75) is 31.6 Å². The van der Waals surface area contributed by atoms with Gasteiger partial charge in [0.05, 0.1) is 17.4 Å². The molecule has 1 N–H and O–H groups in total. The van der Waals surface area contributed by atoms with Gasteiger partial charge in [-0.2, -0.15) is 4.31 Å². The third-order valence-electron chi connectivity index (χ3n) is 5.42. The van der Waals surface area contributed by atoms with E-state index in [9.17, 15) is 13.2 Å². The number of halogens is 1. The van der Waals surface area contributed by atoms with E-state index in [0.717, 1.165) is 16.9 Å². The first-order valence-corrected chi connectivity index (χ1v) is 11.8. The number of carbonyl (C=O) groups excluding carboxylic acids is 1. The molecule has 0 saturated carbocycles. The highest BCUT2D eigenvalue weighted by molar-refractivity contribution is 7.89. The second kappa shape index (κ2) is 9.81. The summed E-state index contributed by atoms with van der Waals surface area (Å²) in [5.74, 6) is 0.291. The molecule has 1 amide bonds. The zero-order valence-electron chi connectivity index (χ0n) is 17.2. The molecule has 1 aliphatic rings. The molecule has 1 aliphatic heterocycles. The van der Waals surface area contributed by atoms with Gasteiger partial charge in [-0.25, -0.2) is 8.42 Å². The zero-order chi connectivity index (χ0) is 21.7. The molecule has 1 atom stereocenters. The van der Waals surface area contributed by atoms with Gasteiger partial charge in [0.15, 0.2) is 0 Å². The summed E-state index contributed by atoms with van der Waals surface area (Å²) < 4.78 is 32.9. The van der Waals surface area contributed by atoms with Crippen LogP contribution in [0.15, 0.2) is 47.4 Å². The predicted octanol–water partition coefficient (Wildman–Crippen LogP) is 3.55. The smallest absolute Gasteiger partial charge is 0.243 e. The van der Waals surface area contributed by atoms with Crippen LogP contribution in [-0.2, 0) is 14.8 Å². The molecular formula is C22H27ClN2O4S. The zero-order valence-corrected chi connectivity index (χ0v) is 18.8. The number of hydrogen-bond acceptors (Lipinski definition) is 4. The van der Waals surface area contributed by atoms with E-state index in [1.54, 1.807) is 12.1 Å². The maximum atomic E-state index is 12.9. The summed E-state index contributed by atoms with van der Waals surface area (Å²) in [4.78, 5) is 12.8. The standard InChI is InChI=1S/C22H27ClN2O4S/c1-16-5-3-7-21(17(16)2)29-14-12-24-22(26)18-6-4-13-25(15-18)30(27,28)20-10-8-19(23)9-11-20/h3,5,7-11,18H,4,6,12-15H2,1-2H3,(H,24,26). The lowest BCUT2D eigenvalue weighted by Gasteiger charge is -2.31. The highest BCUT2D eigenvalue weighted by atomic mass is 35.5. The van der Waals surface area contributed by atoms with E-state index in [1.807, 2.05) is 32.0 Å². The van der Waals surface area contributed by atoms with Crippen molar-refractivity contribution < 1.29 is 17.9 Å². The minimum absolute atomic E-state index is 0.143. The number of hydrogen-bond donors (Lipinski definition) is 1. The van der Waals surface area contributed by atoms with Gasteiger partial charge in [-0.3, -0.25) is 4.79 Å². The molecule has 1 fully saturated rings. The van der Waals surface area contributed by atoms with E-state index in [4.69, 9.17) is 16.3 Å². The van der Waals surface area contributed by atoms with Gasteiger partial charge in [0.1, 0.15) is 12.4 Å². The summed E-state index contributed by atoms with van der Waals surface area (Å²) in [6.45, 7) is 5.33. The van der Waals surface area contributed by atoms with Gasteiger partial charge < -0.3 is 10.1 Å². The first kappa shape index (κ1) is 22.6. The Bertz CT molecular complexity index is 993. The second-order valence-electron chi connectivity index (χ2n) is 7.49. The van der Waals surface area contributed by atoms with Gasteiger partial charge in [0, 0.05) is 18.1 Å². The van der Waals surface area contributed by atoms with Crippen molar-refractivity contribution in [3.63, 3.8) is 0 Å². The molecule has 3 rings (SSSR count). The van der Waals surface area contributed by atoms with Crippen LogP contribution in [0.5, 0.6) is 5.75 Å². The van der Waals surface area contributed by atoms with Crippen molar-refractivity contribution in [3.05, 3.63) is 58.6 Å². The Balaban J connectivity index is 1.53. The fraction of sp³-hybridized carbons (Fsp3) is 0.409. The van der Waals surface area contributed by atoms with Gasteiger partial charge in [-0.1, -0.05) is 23.7 Å². The predicted molar refractivity (Wildman–Crippen MR) is 117 cm³/mol. The number of ether oxygens (including phenoxy) is 1. The fourth-order valence-electron chi connectivity index (χ4n) is 3.49. The Kier molecular flexibility index (Phi) is 7.39. The van der Waals surface area contributed by atoms with Gasteiger partial charge >= 0.3 is 0 Å². The van der Waals surface area contributed by atoms with Gasteiger partial charge in [-0.05, 0) is 68.1 Å². The normalized spacial score (nSPS) is 17.5. The summed E-state index contributed by atoms with van der Waals surface area (Å²) in [7, 11) is -3.65. The molecule has 1 unspecified atom stereocenters. The molecular weight excluding hydrogens is 424 g/mol. The number of piperidine rings is 1.